The molecule has 1 fully saturated rings. The predicted octanol–water partition coefficient (Wildman–Crippen LogP) is 7.75. The summed E-state index contributed by atoms with van der Waals surface area (Å²) in [4.78, 5) is 57.0. The van der Waals surface area contributed by atoms with Gasteiger partial charge in [0, 0.05) is 32.7 Å². The molecule has 0 spiro atoms. The molecule has 0 radical (unpaired) electrons. The highest BCUT2D eigenvalue weighted by Crippen LogP contribution is 2.58. The maximum atomic E-state index is 14.4. The summed E-state index contributed by atoms with van der Waals surface area (Å²) in [6, 6.07) is 14.4. The van der Waals surface area contributed by atoms with Gasteiger partial charge in [-0.2, -0.15) is 0 Å². The summed E-state index contributed by atoms with van der Waals surface area (Å²) in [6.45, 7) is 1.62. The smallest absolute Gasteiger partial charge is 0.238 e. The number of ether oxygens (including phenoxy) is 3. The molecule has 0 bridgehead atoms. The highest BCUT2D eigenvalue weighted by Gasteiger charge is 2.57. The van der Waals surface area contributed by atoms with Gasteiger partial charge in [-0.15, -0.1) is 0 Å². The Balaban J connectivity index is 1.24. The number of Topliss-reactive ketones (excluding diaryl/α,β-unsaturated/α-hetero) is 1. The zero-order valence-corrected chi connectivity index (χ0v) is 31.3. The molecule has 1 aliphatic heterocycles. The van der Waals surface area contributed by atoms with Crippen molar-refractivity contribution in [2.75, 3.05) is 26.2 Å². The molecule has 11 heteroatoms. The fourth-order valence-electron chi connectivity index (χ4n) is 7.84. The summed E-state index contributed by atoms with van der Waals surface area (Å²) >= 11 is 7.05. The fraction of sp³-hybridized carbons (Fsp3) is 0.250. The summed E-state index contributed by atoms with van der Waals surface area (Å²) < 4.78 is 17.1. The lowest BCUT2D eigenvalue weighted by Gasteiger charge is -2.42. The first kappa shape index (κ1) is 34.7. The van der Waals surface area contributed by atoms with E-state index in [0.717, 1.165) is 16.7 Å². The second-order valence-electron chi connectivity index (χ2n) is 12.9. The van der Waals surface area contributed by atoms with Gasteiger partial charge in [-0.1, -0.05) is 35.9 Å². The van der Waals surface area contributed by atoms with Gasteiger partial charge in [-0.05, 0) is 111 Å². The van der Waals surface area contributed by atoms with Gasteiger partial charge in [0.05, 0.1) is 43.3 Å². The van der Waals surface area contributed by atoms with E-state index in [9.17, 15) is 24.3 Å². The van der Waals surface area contributed by atoms with Gasteiger partial charge in [0.15, 0.2) is 23.1 Å². The highest BCUT2D eigenvalue weighted by molar-refractivity contribution is 9.13. The molecule has 1 heterocycles. The van der Waals surface area contributed by atoms with Gasteiger partial charge in [0.2, 0.25) is 11.8 Å². The average Bonchev–Trinajstić information content (AvgIpc) is 3.40. The van der Waals surface area contributed by atoms with E-state index in [0.29, 0.717) is 54.8 Å². The third-order valence-corrected chi connectivity index (χ3v) is 12.5. The standard InChI is InChI=1S/C40H33Br2NO8/c1-19-15-29(44)27-17-26-24(32(34(27)37(19)45)28-18-31(51-4)38(46)36(42)35(28)41)12-13-25-33(26)40(48)43(39(25)47)22-9-6-20(7-10-22)5-8-21-16-23(49-2)11-14-30(21)50-3/h5-12,14-16,18,25-26,32-33,46H,13,17H2,1-4H3/t25-,26+,32+,33-/m0/s1. The van der Waals surface area contributed by atoms with E-state index in [1.807, 2.05) is 48.6 Å². The topological polar surface area (TPSA) is 119 Å². The second-order valence-corrected chi connectivity index (χ2v) is 14.5. The van der Waals surface area contributed by atoms with Crippen molar-refractivity contribution in [2.45, 2.75) is 25.7 Å². The van der Waals surface area contributed by atoms with Crippen molar-refractivity contribution in [1.82, 2.24) is 0 Å². The molecule has 3 aromatic rings. The van der Waals surface area contributed by atoms with E-state index in [1.165, 1.54) is 18.1 Å². The van der Waals surface area contributed by atoms with E-state index >= 15 is 0 Å². The molecule has 0 unspecified atom stereocenters. The number of imide groups is 1. The number of phenolic OH excluding ortho intramolecular Hbond substituents is 1. The van der Waals surface area contributed by atoms with E-state index in [4.69, 9.17) is 14.2 Å². The van der Waals surface area contributed by atoms with Crippen molar-refractivity contribution in [2.24, 2.45) is 17.8 Å². The molecular weight excluding hydrogens is 782 g/mol. The number of rotatable bonds is 7. The number of halogens is 2. The normalized spacial score (nSPS) is 22.8. The molecular formula is C40H33Br2NO8. The van der Waals surface area contributed by atoms with Gasteiger partial charge in [-0.3, -0.25) is 24.1 Å². The summed E-state index contributed by atoms with van der Waals surface area (Å²) in [5.41, 5.74) is 4.56. The Bertz CT molecular complexity index is 2160. The van der Waals surface area contributed by atoms with Crippen LogP contribution in [0.15, 0.2) is 91.9 Å². The largest absolute Gasteiger partial charge is 0.503 e. The minimum atomic E-state index is -0.731. The predicted molar refractivity (Wildman–Crippen MR) is 199 cm³/mol. The number of aromatic hydroxyl groups is 1. The van der Waals surface area contributed by atoms with E-state index < -0.39 is 23.7 Å². The van der Waals surface area contributed by atoms with Crippen molar-refractivity contribution in [3.63, 3.8) is 0 Å². The zero-order valence-electron chi connectivity index (χ0n) is 28.2. The number of allylic oxidation sites excluding steroid dienone is 6. The third kappa shape index (κ3) is 5.67. The lowest BCUT2D eigenvalue weighted by atomic mass is 9.59. The van der Waals surface area contributed by atoms with Crippen LogP contribution in [0.5, 0.6) is 23.0 Å². The minimum Gasteiger partial charge on any atom is -0.503 e. The molecule has 1 N–H and O–H groups in total. The van der Waals surface area contributed by atoms with E-state index in [2.05, 4.69) is 31.9 Å². The molecule has 3 aliphatic carbocycles. The molecule has 1 saturated heterocycles. The average molecular weight is 816 g/mol. The first-order chi connectivity index (χ1) is 24.5. The monoisotopic (exact) mass is 813 g/mol. The number of ketones is 2. The lowest BCUT2D eigenvalue weighted by Crippen LogP contribution is -2.40. The fourth-order valence-corrected chi connectivity index (χ4v) is 8.79. The van der Waals surface area contributed by atoms with Crippen LogP contribution in [0.4, 0.5) is 5.69 Å². The number of hydrogen-bond acceptors (Lipinski definition) is 8. The number of amides is 2. The van der Waals surface area contributed by atoms with Crippen molar-refractivity contribution in [3.05, 3.63) is 109 Å². The Kier molecular flexibility index (Phi) is 9.14. The van der Waals surface area contributed by atoms with Gasteiger partial charge in [-0.25, -0.2) is 0 Å². The van der Waals surface area contributed by atoms with Gasteiger partial charge < -0.3 is 19.3 Å². The SMILES string of the molecule is COc1ccc(OC)c(C=Cc2ccc(N3C(=O)[C@H]4[C@H](CC=C5[C@H](c6cc(OC)c(O)c(Br)c6Br)C6=C(C[C@H]54)C(=O)C=C(C)C6=O)C3=O)cc2)c1. The Morgan fingerprint density at radius 1 is 0.843 bits per heavy atom. The van der Waals surface area contributed by atoms with Crippen LogP contribution < -0.4 is 19.1 Å². The molecule has 2 amide bonds. The molecule has 4 aliphatic rings. The van der Waals surface area contributed by atoms with Gasteiger partial charge in [0.25, 0.3) is 0 Å². The molecule has 0 saturated carbocycles. The van der Waals surface area contributed by atoms with Crippen LogP contribution in [0.2, 0.25) is 0 Å². The first-order valence-corrected chi connectivity index (χ1v) is 17.9. The molecule has 3 aromatic carbocycles. The van der Waals surface area contributed by atoms with Crippen molar-refractivity contribution < 1.29 is 38.5 Å². The van der Waals surface area contributed by atoms with E-state index in [1.54, 1.807) is 39.3 Å². The summed E-state index contributed by atoms with van der Waals surface area (Å²) in [5, 5.41) is 10.7. The Morgan fingerprint density at radius 3 is 2.25 bits per heavy atom. The van der Waals surface area contributed by atoms with Crippen molar-refractivity contribution in [3.8, 4) is 23.0 Å². The minimum absolute atomic E-state index is 0.122. The number of fused-ring (bicyclic) bond motifs is 3. The number of carbonyl (C=O) groups excluding carboxylic acids is 4. The Labute approximate surface area is 311 Å². The van der Waals surface area contributed by atoms with Crippen LogP contribution in [0.1, 0.15) is 42.4 Å². The first-order valence-electron chi connectivity index (χ1n) is 16.3. The van der Waals surface area contributed by atoms with Crippen LogP contribution >= 0.6 is 31.9 Å². The third-order valence-electron chi connectivity index (χ3n) is 10.3. The quantitative estimate of drug-likeness (QED) is 0.111. The van der Waals surface area contributed by atoms with Gasteiger partial charge in [0.1, 0.15) is 11.5 Å². The lowest BCUT2D eigenvalue weighted by molar-refractivity contribution is -0.123. The Hall–Kier alpha value is -4.74. The summed E-state index contributed by atoms with van der Waals surface area (Å²) in [5.74, 6) is -2.29. The van der Waals surface area contributed by atoms with Crippen molar-refractivity contribution >= 4 is 73.1 Å². The summed E-state index contributed by atoms with van der Waals surface area (Å²) in [6.07, 6.45) is 7.58. The van der Waals surface area contributed by atoms with Crippen LogP contribution in [0, 0.1) is 17.8 Å². The van der Waals surface area contributed by atoms with Crippen LogP contribution in [0.3, 0.4) is 0 Å². The maximum absolute atomic E-state index is 14.4. The van der Waals surface area contributed by atoms with Crippen LogP contribution in [-0.4, -0.2) is 49.8 Å². The van der Waals surface area contributed by atoms with Crippen molar-refractivity contribution in [1.29, 1.82) is 0 Å². The van der Waals surface area contributed by atoms with Gasteiger partial charge >= 0.3 is 0 Å². The number of phenols is 1. The zero-order chi connectivity index (χ0) is 36.3. The Morgan fingerprint density at radius 2 is 1.57 bits per heavy atom. The number of anilines is 1. The molecule has 7 rings (SSSR count). The van der Waals surface area contributed by atoms with Crippen LogP contribution in [0.25, 0.3) is 12.2 Å². The number of benzene rings is 3. The molecule has 260 valence electrons. The molecule has 0 aromatic heterocycles. The highest BCUT2D eigenvalue weighted by atomic mass is 79.9. The molecule has 51 heavy (non-hydrogen) atoms. The molecule has 9 nitrogen and oxygen atoms in total. The number of methoxy groups -OCH3 is 3. The second kappa shape index (κ2) is 13.4. The maximum Gasteiger partial charge on any atom is 0.238 e. The summed E-state index contributed by atoms with van der Waals surface area (Å²) in [7, 11) is 4.63. The number of carbonyl (C=O) groups is 4. The van der Waals surface area contributed by atoms with Crippen LogP contribution in [-0.2, 0) is 19.2 Å². The van der Waals surface area contributed by atoms with E-state index in [-0.39, 0.29) is 41.3 Å². The number of nitrogens with zero attached hydrogens (tertiary/aromatic N) is 1. The number of hydrogen-bond donors (Lipinski definition) is 1. The molecule has 4 atom stereocenters.